The number of anilines is 2. The van der Waals surface area contributed by atoms with Crippen LogP contribution in [0.2, 0.25) is 0 Å². The summed E-state index contributed by atoms with van der Waals surface area (Å²) in [5.74, 6) is 0.721. The molecule has 1 unspecified atom stereocenters. The normalized spacial score (nSPS) is 19.4. The fraction of sp³-hybridized carbons (Fsp3) is 0.583. The van der Waals surface area contributed by atoms with Gasteiger partial charge in [-0.2, -0.15) is 0 Å². The van der Waals surface area contributed by atoms with Crippen LogP contribution in [0.4, 0.5) is 17.3 Å². The van der Waals surface area contributed by atoms with Gasteiger partial charge in [0.05, 0.1) is 23.2 Å². The fourth-order valence-electron chi connectivity index (χ4n) is 2.31. The molecule has 1 aliphatic heterocycles. The summed E-state index contributed by atoms with van der Waals surface area (Å²) in [7, 11) is 0. The van der Waals surface area contributed by atoms with Crippen LogP contribution in [0.15, 0.2) is 12.1 Å². The zero-order valence-electron chi connectivity index (χ0n) is 10.9. The molecule has 0 aromatic carbocycles. The summed E-state index contributed by atoms with van der Waals surface area (Å²) in [6.07, 6.45) is 2.14. The Bertz CT molecular complexity index is 464. The van der Waals surface area contributed by atoms with Crippen molar-refractivity contribution in [3.05, 3.63) is 22.2 Å². The van der Waals surface area contributed by atoms with E-state index in [1.54, 1.807) is 0 Å². The van der Waals surface area contributed by atoms with Crippen LogP contribution in [0.3, 0.4) is 0 Å². The molecule has 7 heteroatoms. The number of rotatable bonds is 4. The highest BCUT2D eigenvalue weighted by Gasteiger charge is 2.23. The lowest BCUT2D eigenvalue weighted by Crippen LogP contribution is -2.40. The van der Waals surface area contributed by atoms with E-state index in [2.05, 4.69) is 4.98 Å². The largest absolute Gasteiger partial charge is 0.383 e. The van der Waals surface area contributed by atoms with Crippen LogP contribution >= 0.6 is 0 Å². The minimum absolute atomic E-state index is 0.0268. The number of nitrogens with two attached hydrogens (primary N) is 1. The second-order valence-electron chi connectivity index (χ2n) is 4.53. The summed E-state index contributed by atoms with van der Waals surface area (Å²) in [6, 6.07) is 2.73. The molecular weight excluding hydrogens is 248 g/mol. The highest BCUT2D eigenvalue weighted by Crippen LogP contribution is 2.25. The molecule has 0 saturated carbocycles. The topological polar surface area (TPSA) is 94.5 Å². The number of nitro groups is 1. The van der Waals surface area contributed by atoms with Crippen molar-refractivity contribution in [3.63, 3.8) is 0 Å². The van der Waals surface area contributed by atoms with Gasteiger partial charge in [0.1, 0.15) is 11.6 Å². The van der Waals surface area contributed by atoms with Gasteiger partial charge in [0.2, 0.25) is 0 Å². The Morgan fingerprint density at radius 1 is 1.63 bits per heavy atom. The third-order valence-electron chi connectivity index (χ3n) is 3.13. The molecule has 1 fully saturated rings. The predicted octanol–water partition coefficient (Wildman–Crippen LogP) is 1.58. The number of piperidine rings is 1. The second kappa shape index (κ2) is 5.83. The number of hydrogen-bond acceptors (Lipinski definition) is 6. The third kappa shape index (κ3) is 3.31. The van der Waals surface area contributed by atoms with Crippen molar-refractivity contribution in [1.29, 1.82) is 0 Å². The lowest BCUT2D eigenvalue weighted by molar-refractivity contribution is -0.384. The van der Waals surface area contributed by atoms with E-state index in [1.807, 2.05) is 11.8 Å². The Balaban J connectivity index is 2.18. The Morgan fingerprint density at radius 2 is 2.42 bits per heavy atom. The van der Waals surface area contributed by atoms with Gasteiger partial charge >= 0.3 is 0 Å². The minimum Gasteiger partial charge on any atom is -0.383 e. The monoisotopic (exact) mass is 266 g/mol. The molecular formula is C12H18N4O3. The Morgan fingerprint density at radius 3 is 3.11 bits per heavy atom. The van der Waals surface area contributed by atoms with E-state index in [0.29, 0.717) is 19.0 Å². The number of nitrogen functional groups attached to an aromatic ring is 1. The van der Waals surface area contributed by atoms with Gasteiger partial charge in [0, 0.05) is 19.7 Å². The van der Waals surface area contributed by atoms with Gasteiger partial charge in [-0.25, -0.2) is 4.98 Å². The Hall–Kier alpha value is -1.89. The van der Waals surface area contributed by atoms with Crippen LogP contribution in [-0.2, 0) is 4.74 Å². The van der Waals surface area contributed by atoms with E-state index < -0.39 is 4.92 Å². The Labute approximate surface area is 111 Å². The van der Waals surface area contributed by atoms with Crippen LogP contribution in [-0.4, -0.2) is 35.7 Å². The maximum absolute atomic E-state index is 10.8. The van der Waals surface area contributed by atoms with Crippen LogP contribution in [0.25, 0.3) is 0 Å². The SMILES string of the molecule is CCOC1CCCN(c2cc([N+](=O)[O-])cc(N)n2)C1. The third-order valence-corrected chi connectivity index (χ3v) is 3.13. The predicted molar refractivity (Wildman–Crippen MR) is 72.2 cm³/mol. The lowest BCUT2D eigenvalue weighted by atomic mass is 10.1. The van der Waals surface area contributed by atoms with Gasteiger partial charge in [-0.3, -0.25) is 10.1 Å². The van der Waals surface area contributed by atoms with Crippen molar-refractivity contribution in [3.8, 4) is 0 Å². The van der Waals surface area contributed by atoms with Crippen LogP contribution < -0.4 is 10.6 Å². The molecule has 7 nitrogen and oxygen atoms in total. The second-order valence-corrected chi connectivity index (χ2v) is 4.53. The van der Waals surface area contributed by atoms with E-state index in [1.165, 1.54) is 12.1 Å². The van der Waals surface area contributed by atoms with E-state index >= 15 is 0 Å². The lowest BCUT2D eigenvalue weighted by Gasteiger charge is -2.33. The van der Waals surface area contributed by atoms with Gasteiger partial charge < -0.3 is 15.4 Å². The van der Waals surface area contributed by atoms with Crippen molar-refractivity contribution in [2.75, 3.05) is 30.3 Å². The minimum atomic E-state index is -0.453. The molecule has 1 atom stereocenters. The van der Waals surface area contributed by atoms with Crippen LogP contribution in [0.1, 0.15) is 19.8 Å². The van der Waals surface area contributed by atoms with Gasteiger partial charge in [-0.05, 0) is 19.8 Å². The van der Waals surface area contributed by atoms with Crippen LogP contribution in [0.5, 0.6) is 0 Å². The van der Waals surface area contributed by atoms with E-state index in [-0.39, 0.29) is 17.6 Å². The zero-order chi connectivity index (χ0) is 13.8. The number of hydrogen-bond donors (Lipinski definition) is 1. The Kier molecular flexibility index (Phi) is 4.16. The molecule has 1 aromatic heterocycles. The summed E-state index contributed by atoms with van der Waals surface area (Å²) in [6.45, 7) is 4.14. The molecule has 1 aromatic rings. The first kappa shape index (κ1) is 13.5. The molecule has 2 heterocycles. The molecule has 2 rings (SSSR count). The van der Waals surface area contributed by atoms with Gasteiger partial charge in [0.15, 0.2) is 0 Å². The maximum atomic E-state index is 10.8. The smallest absolute Gasteiger partial charge is 0.276 e. The number of pyridine rings is 1. The molecule has 19 heavy (non-hydrogen) atoms. The standard InChI is InChI=1S/C12H18N4O3/c1-2-19-10-4-3-5-15(8-10)12-7-9(16(17)18)6-11(13)14-12/h6-7,10H,2-5,8H2,1H3,(H2,13,14). The summed E-state index contributed by atoms with van der Waals surface area (Å²) < 4.78 is 5.61. The van der Waals surface area contributed by atoms with Gasteiger partial charge in [-0.15, -0.1) is 0 Å². The summed E-state index contributed by atoms with van der Waals surface area (Å²) in [5.41, 5.74) is 5.60. The van der Waals surface area contributed by atoms with Crippen molar-refractivity contribution in [1.82, 2.24) is 4.98 Å². The van der Waals surface area contributed by atoms with Crippen molar-refractivity contribution in [2.24, 2.45) is 0 Å². The zero-order valence-corrected chi connectivity index (χ0v) is 10.9. The molecule has 1 aliphatic rings. The van der Waals surface area contributed by atoms with E-state index in [9.17, 15) is 10.1 Å². The first-order chi connectivity index (χ1) is 9.10. The summed E-state index contributed by atoms with van der Waals surface area (Å²) in [5, 5.41) is 10.8. The molecule has 0 bridgehead atoms. The van der Waals surface area contributed by atoms with Crippen LogP contribution in [0, 0.1) is 10.1 Å². The maximum Gasteiger partial charge on any atom is 0.276 e. The fourth-order valence-corrected chi connectivity index (χ4v) is 2.31. The number of nitrogens with zero attached hydrogens (tertiary/aromatic N) is 3. The van der Waals surface area contributed by atoms with Crippen molar-refractivity contribution in [2.45, 2.75) is 25.9 Å². The van der Waals surface area contributed by atoms with Crippen molar-refractivity contribution < 1.29 is 9.66 Å². The van der Waals surface area contributed by atoms with Gasteiger partial charge in [-0.1, -0.05) is 0 Å². The molecule has 0 aliphatic carbocycles. The summed E-state index contributed by atoms with van der Waals surface area (Å²) >= 11 is 0. The quantitative estimate of drug-likeness (QED) is 0.656. The number of aromatic nitrogens is 1. The molecule has 2 N–H and O–H groups in total. The average Bonchev–Trinajstić information content (AvgIpc) is 2.38. The molecule has 0 radical (unpaired) electrons. The van der Waals surface area contributed by atoms with E-state index in [4.69, 9.17) is 10.5 Å². The first-order valence-corrected chi connectivity index (χ1v) is 6.38. The first-order valence-electron chi connectivity index (χ1n) is 6.38. The van der Waals surface area contributed by atoms with Gasteiger partial charge in [0.25, 0.3) is 5.69 Å². The summed E-state index contributed by atoms with van der Waals surface area (Å²) in [4.78, 5) is 16.6. The molecule has 104 valence electrons. The molecule has 1 saturated heterocycles. The highest BCUT2D eigenvalue weighted by molar-refractivity contribution is 5.54. The van der Waals surface area contributed by atoms with E-state index in [0.717, 1.165) is 19.4 Å². The van der Waals surface area contributed by atoms with Crippen molar-refractivity contribution >= 4 is 17.3 Å². The highest BCUT2D eigenvalue weighted by atomic mass is 16.6. The molecule has 0 amide bonds. The molecule has 0 spiro atoms. The average molecular weight is 266 g/mol. The number of ether oxygens (including phenoxy) is 1.